The van der Waals surface area contributed by atoms with Gasteiger partial charge >= 0.3 is 0 Å². The van der Waals surface area contributed by atoms with E-state index in [4.69, 9.17) is 49.5 Å². The van der Waals surface area contributed by atoms with Crippen LogP contribution in [0.25, 0.3) is 0 Å². The van der Waals surface area contributed by atoms with Crippen molar-refractivity contribution < 1.29 is 103 Å². The summed E-state index contributed by atoms with van der Waals surface area (Å²) in [6.07, 6.45) is 1.97. The zero-order valence-corrected chi connectivity index (χ0v) is 50.7. The molecule has 0 aliphatic carbocycles. The van der Waals surface area contributed by atoms with Gasteiger partial charge in [-0.2, -0.15) is 41.2 Å². The van der Waals surface area contributed by atoms with Gasteiger partial charge in [-0.05, 0) is 116 Å². The maximum Gasteiger partial charge on any atom is 0.137 e. The van der Waals surface area contributed by atoms with Gasteiger partial charge in [-0.3, -0.25) is 0 Å². The number of thiocarbonyl (C=S) groups is 1. The minimum Gasteiger partial charge on any atom is -0.341 e. The molecule has 0 saturated carbocycles. The molecule has 0 aliphatic rings. The molecule has 0 aliphatic heterocycles. The van der Waals surface area contributed by atoms with Crippen molar-refractivity contribution in [1.82, 2.24) is 0 Å². The zero-order valence-electron chi connectivity index (χ0n) is 40.6. The summed E-state index contributed by atoms with van der Waals surface area (Å²) in [7, 11) is -13.6. The average Bonchev–Trinajstić information content (AvgIpc) is 3.37. The summed E-state index contributed by atoms with van der Waals surface area (Å²) in [6.45, 7) is 21.4. The van der Waals surface area contributed by atoms with Crippen molar-refractivity contribution in [3.8, 4) is 0 Å². The molecule has 0 amide bonds. The smallest absolute Gasteiger partial charge is 0.137 e. The van der Waals surface area contributed by atoms with Gasteiger partial charge in [0, 0.05) is 71.7 Å². The van der Waals surface area contributed by atoms with Crippen molar-refractivity contribution in [3.05, 3.63) is 268 Å². The van der Waals surface area contributed by atoms with E-state index in [9.17, 15) is 0 Å². The van der Waals surface area contributed by atoms with Gasteiger partial charge in [-0.1, -0.05) is 182 Å². The first-order valence-electron chi connectivity index (χ1n) is 21.5. The molecule has 8 aromatic carbocycles. The fourth-order valence-electron chi connectivity index (χ4n) is 6.32. The van der Waals surface area contributed by atoms with Gasteiger partial charge in [-0.25, -0.2) is 37.3 Å². The molecule has 0 fully saturated rings. The molecule has 0 saturated heterocycles. The number of halogens is 2. The third-order valence-electron chi connectivity index (χ3n) is 9.98. The number of anilines is 1. The van der Waals surface area contributed by atoms with Crippen molar-refractivity contribution in [3.63, 3.8) is 0 Å². The van der Waals surface area contributed by atoms with E-state index in [1.54, 1.807) is 11.8 Å². The summed E-state index contributed by atoms with van der Waals surface area (Å²) >= 11 is 6.62. The quantitative estimate of drug-likeness (QED) is 0.101. The van der Waals surface area contributed by atoms with Crippen LogP contribution in [0.5, 0.6) is 0 Å². The number of rotatable bonds is 8. The van der Waals surface area contributed by atoms with E-state index >= 15 is 0 Å². The predicted molar refractivity (Wildman–Crippen MR) is 290 cm³/mol. The van der Waals surface area contributed by atoms with E-state index in [-0.39, 0.29) is 44.8 Å². The molecule has 8 aromatic rings. The van der Waals surface area contributed by atoms with Crippen molar-refractivity contribution in [2.75, 3.05) is 11.6 Å². The third-order valence-corrected chi connectivity index (χ3v) is 18.6. The third kappa shape index (κ3) is 27.4. The van der Waals surface area contributed by atoms with Gasteiger partial charge < -0.3 is 5.32 Å². The van der Waals surface area contributed by atoms with Gasteiger partial charge in [0.15, 0.2) is 0 Å². The topological polar surface area (TPSA) is 197 Å². The molecule has 0 aromatic heterocycles. The first-order valence-corrected chi connectivity index (χ1v) is 31.3. The summed E-state index contributed by atoms with van der Waals surface area (Å²) < 4.78 is 68.8. The first kappa shape index (κ1) is 69.0. The molecular formula is C56H56Au2Cl2NO8P3S2-4. The van der Waals surface area contributed by atoms with Gasteiger partial charge in [0.2, 0.25) is 0 Å². The number of thioether (sulfide) groups is 1. The summed E-state index contributed by atoms with van der Waals surface area (Å²) in [5, 5.41) is 12.3. The fourth-order valence-corrected chi connectivity index (χ4v) is 12.5. The maximum atomic E-state index is 8.49. The normalized spacial score (nSPS) is 10.6. The molecule has 0 heterocycles. The number of nitrogens with one attached hydrogen (secondary N) is 1. The molecule has 8 rings (SSSR count). The van der Waals surface area contributed by atoms with Crippen molar-refractivity contribution in [2.24, 2.45) is 0 Å². The van der Waals surface area contributed by atoms with E-state index in [1.165, 1.54) is 48.3 Å². The zero-order chi connectivity index (χ0) is 53.2. The predicted octanol–water partition coefficient (Wildman–Crippen LogP) is 3.77. The molecule has 0 bridgehead atoms. The van der Waals surface area contributed by atoms with E-state index < -0.39 is 42.9 Å². The largest absolute Gasteiger partial charge is 0.341 e. The molecule has 9 nitrogen and oxygen atoms in total. The fraction of sp³-hybridized carbons (Fsp3) is 0.0536. The molecule has 2 radical (unpaired) electrons. The van der Waals surface area contributed by atoms with Crippen molar-refractivity contribution in [1.29, 1.82) is 0 Å². The van der Waals surface area contributed by atoms with Crippen LogP contribution in [0.2, 0.25) is 0 Å². The Labute approximate surface area is 485 Å². The van der Waals surface area contributed by atoms with Crippen LogP contribution in [0.4, 0.5) is 5.69 Å². The molecule has 0 spiro atoms. The van der Waals surface area contributed by atoms with E-state index in [0.29, 0.717) is 0 Å². The summed E-state index contributed by atoms with van der Waals surface area (Å²) in [5.41, 5.74) is 3.66. The number of benzene rings is 8. The van der Waals surface area contributed by atoms with E-state index in [2.05, 4.69) is 197 Å². The van der Waals surface area contributed by atoms with Crippen LogP contribution in [-0.2, 0) is 44.8 Å². The molecule has 0 atom stereocenters. The Hall–Kier alpha value is -2.97. The summed E-state index contributed by atoms with van der Waals surface area (Å²) in [5.74, 6) is 0. The minimum atomic E-state index is -4.94. The van der Waals surface area contributed by atoms with Gasteiger partial charge in [0.1, 0.15) is 4.32 Å². The molecule has 400 valence electrons. The minimum absolute atomic E-state index is 0. The van der Waals surface area contributed by atoms with Crippen LogP contribution in [0.3, 0.4) is 0 Å². The average molecular weight is 1490 g/mol. The standard InChI is InChI=1S/C18H15P.2C14H14P.C10H13NS2.2Au.2ClHO4/c1-4-10-16(11-5-1)19(17-12-6-2-7-13-17)18-14-8-3-9-15-18;2*1-15(2,13-9-5-3-6-10-13)14-11-7-4-8-12-14;1-7-4-5-9(6-8(7)2)11-10(12)13-3;;;2*2-1(3,4)5/h1-15H;2*3-12H,1-2H2;4-6H,1-3H3,(H,11,12);;;2*(H,2,3,4,5)/q;2*-1;;;;;/p-2. The Morgan fingerprint density at radius 3 is 0.865 bits per heavy atom. The second-order valence-corrected chi connectivity index (χ2v) is 26.4. The van der Waals surface area contributed by atoms with Gasteiger partial charge in [-0.15, -0.1) is 32.2 Å². The summed E-state index contributed by atoms with van der Waals surface area (Å²) in [4.78, 5) is 0. The Balaban J connectivity index is 0.000000464. The van der Waals surface area contributed by atoms with Gasteiger partial charge in [0.25, 0.3) is 0 Å². The second kappa shape index (κ2) is 35.4. The first-order chi connectivity index (χ1) is 34.0. The molecule has 0 unspecified atom stereocenters. The van der Waals surface area contributed by atoms with E-state index in [1.807, 2.05) is 85.1 Å². The Kier molecular flexibility index (Phi) is 33.1. The second-order valence-electron chi connectivity index (χ2n) is 15.3. The number of aryl methyl sites for hydroxylation is 2. The Bertz CT molecular complexity index is 2460. The van der Waals surface area contributed by atoms with Crippen LogP contribution in [0.1, 0.15) is 11.1 Å². The molecule has 1 N–H and O–H groups in total. The monoisotopic (exact) mass is 1490 g/mol. The van der Waals surface area contributed by atoms with Crippen LogP contribution < -0.4 is 79.7 Å². The van der Waals surface area contributed by atoms with Crippen LogP contribution in [0.15, 0.2) is 231 Å². The molecule has 74 heavy (non-hydrogen) atoms. The summed E-state index contributed by atoms with van der Waals surface area (Å²) in [6, 6.07) is 79.9. The Morgan fingerprint density at radius 1 is 0.419 bits per heavy atom. The van der Waals surface area contributed by atoms with Gasteiger partial charge in [0.05, 0.1) is 0 Å². The van der Waals surface area contributed by atoms with Crippen LogP contribution in [0, 0.1) is 61.0 Å². The number of hydrogen-bond donors (Lipinski definition) is 1. The SMILES string of the molecule is CSC(=S)Nc1ccc(C)c(C)c1.[Au].[Au].[CH2-][P+]([CH2-])(c1ccccc1)c1ccccc1.[CH2-][P+]([CH2-])(c1ccccc1)c1ccccc1.[O-][Cl+3]([O-])([O-])[O-].[O-][Cl+3]([O-])([O-])[O-].c1ccc(P(c2ccccc2)c2ccccc2)cc1. The maximum absolute atomic E-state index is 8.49. The van der Waals surface area contributed by atoms with Crippen LogP contribution in [-0.4, -0.2) is 10.6 Å². The molecule has 18 heteroatoms. The van der Waals surface area contributed by atoms with Crippen LogP contribution >= 0.6 is 46.4 Å². The van der Waals surface area contributed by atoms with Crippen molar-refractivity contribution >= 4 is 93.6 Å². The van der Waals surface area contributed by atoms with Crippen molar-refractivity contribution in [2.45, 2.75) is 13.8 Å². The van der Waals surface area contributed by atoms with E-state index in [0.717, 1.165) is 10.0 Å². The number of hydrogen-bond acceptors (Lipinski definition) is 10. The Morgan fingerprint density at radius 2 is 0.649 bits per heavy atom. The molecular weight excluding hydrogens is 1440 g/mol.